The fourth-order valence-electron chi connectivity index (χ4n) is 3.96. The number of nitrogens with one attached hydrogen (secondary N) is 2. The predicted octanol–water partition coefficient (Wildman–Crippen LogP) is 5.49. The quantitative estimate of drug-likeness (QED) is 0.457. The van der Waals surface area contributed by atoms with Gasteiger partial charge >= 0.3 is 6.09 Å². The number of hydrogen-bond acceptors (Lipinski definition) is 5. The van der Waals surface area contributed by atoms with Gasteiger partial charge in [0, 0.05) is 36.4 Å². The summed E-state index contributed by atoms with van der Waals surface area (Å²) in [6, 6.07) is 10.5. The first-order chi connectivity index (χ1) is 15.6. The molecule has 1 atom stereocenters. The molecule has 1 unspecified atom stereocenters. The van der Waals surface area contributed by atoms with E-state index >= 15 is 0 Å². The van der Waals surface area contributed by atoms with E-state index in [0.717, 1.165) is 17.7 Å². The minimum atomic E-state index is -0.509. The number of benzene rings is 2. The van der Waals surface area contributed by atoms with Gasteiger partial charge in [-0.05, 0) is 70.0 Å². The number of ether oxygens (including phenoxy) is 1. The number of anilines is 1. The van der Waals surface area contributed by atoms with E-state index in [-0.39, 0.29) is 18.0 Å². The number of aryl methyl sites for hydroxylation is 1. The van der Waals surface area contributed by atoms with E-state index in [1.807, 2.05) is 45.9 Å². The lowest BCUT2D eigenvalue weighted by molar-refractivity contribution is 0.0293. The molecule has 4 rings (SSSR count). The Bertz CT molecular complexity index is 1210. The Morgan fingerprint density at radius 3 is 2.85 bits per heavy atom. The Morgan fingerprint density at radius 2 is 2.12 bits per heavy atom. The number of amides is 1. The second-order valence-corrected chi connectivity index (χ2v) is 9.36. The van der Waals surface area contributed by atoms with Crippen molar-refractivity contribution in [3.8, 4) is 5.88 Å². The highest BCUT2D eigenvalue weighted by atomic mass is 19.1. The molecule has 33 heavy (non-hydrogen) atoms. The molecule has 1 aromatic heterocycles. The van der Waals surface area contributed by atoms with E-state index in [2.05, 4.69) is 15.3 Å². The van der Waals surface area contributed by atoms with Crippen LogP contribution in [0.15, 0.2) is 41.4 Å². The minimum absolute atomic E-state index is 0.121. The largest absolute Gasteiger partial charge is 0.494 e. The van der Waals surface area contributed by atoms with Gasteiger partial charge in [-0.15, -0.1) is 0 Å². The van der Waals surface area contributed by atoms with E-state index in [4.69, 9.17) is 4.74 Å². The van der Waals surface area contributed by atoms with Crippen molar-refractivity contribution in [1.82, 2.24) is 9.88 Å². The number of rotatable bonds is 4. The average Bonchev–Trinajstić information content (AvgIpc) is 3.32. The lowest BCUT2D eigenvalue weighted by Crippen LogP contribution is -2.36. The molecule has 0 bridgehead atoms. The number of hydrogen-bond donors (Lipinski definition) is 3. The molecule has 3 N–H and O–H groups in total. The van der Waals surface area contributed by atoms with Gasteiger partial charge in [-0.1, -0.05) is 6.07 Å². The summed E-state index contributed by atoms with van der Waals surface area (Å²) in [5, 5.41) is 14.0. The molecule has 2 aromatic carbocycles. The van der Waals surface area contributed by atoms with Gasteiger partial charge < -0.3 is 25.0 Å². The first-order valence-corrected chi connectivity index (χ1v) is 11.0. The summed E-state index contributed by atoms with van der Waals surface area (Å²) >= 11 is 0. The normalized spacial score (nSPS) is 16.6. The SMILES string of the molecule is Cc1cc(N=Cc2c(O)[nH]c3cccc(F)c23)ccc1NC1CCN(C(=O)OC(C)(C)C)C1. The topological polar surface area (TPSA) is 90.0 Å². The average molecular weight is 453 g/mol. The van der Waals surface area contributed by atoms with Crippen molar-refractivity contribution < 1.29 is 19.0 Å². The van der Waals surface area contributed by atoms with Gasteiger partial charge in [0.1, 0.15) is 11.4 Å². The van der Waals surface area contributed by atoms with E-state index < -0.39 is 11.4 Å². The number of likely N-dealkylation sites (tertiary alicyclic amines) is 1. The van der Waals surface area contributed by atoms with Crippen molar-refractivity contribution in [3.05, 3.63) is 53.3 Å². The molecule has 0 saturated carbocycles. The Labute approximate surface area is 192 Å². The van der Waals surface area contributed by atoms with Crippen LogP contribution in [0.4, 0.5) is 20.6 Å². The second-order valence-electron chi connectivity index (χ2n) is 9.36. The number of aromatic nitrogens is 1. The molecule has 0 aliphatic carbocycles. The Morgan fingerprint density at radius 1 is 1.33 bits per heavy atom. The summed E-state index contributed by atoms with van der Waals surface area (Å²) in [4.78, 5) is 21.2. The molecule has 8 heteroatoms. The number of H-pyrrole nitrogens is 1. The number of carbonyl (C=O) groups excluding carboxylic acids is 1. The van der Waals surface area contributed by atoms with Gasteiger partial charge in [-0.3, -0.25) is 4.99 Å². The highest BCUT2D eigenvalue weighted by molar-refractivity contribution is 6.02. The first-order valence-electron chi connectivity index (χ1n) is 11.0. The van der Waals surface area contributed by atoms with Gasteiger partial charge in [-0.25, -0.2) is 9.18 Å². The highest BCUT2D eigenvalue weighted by Crippen LogP contribution is 2.29. The molecule has 1 aliphatic heterocycles. The van der Waals surface area contributed by atoms with Crippen LogP contribution >= 0.6 is 0 Å². The van der Waals surface area contributed by atoms with Gasteiger partial charge in [0.2, 0.25) is 0 Å². The molecule has 7 nitrogen and oxygen atoms in total. The third-order valence-corrected chi connectivity index (χ3v) is 5.54. The molecule has 1 amide bonds. The Hall–Kier alpha value is -3.55. The summed E-state index contributed by atoms with van der Waals surface area (Å²) < 4.78 is 19.7. The van der Waals surface area contributed by atoms with Crippen LogP contribution in [0.2, 0.25) is 0 Å². The van der Waals surface area contributed by atoms with Crippen LogP contribution in [0, 0.1) is 12.7 Å². The maximum Gasteiger partial charge on any atom is 0.410 e. The molecule has 1 saturated heterocycles. The zero-order chi connectivity index (χ0) is 23.8. The van der Waals surface area contributed by atoms with Gasteiger partial charge in [0.05, 0.1) is 16.8 Å². The third kappa shape index (κ3) is 5.10. The van der Waals surface area contributed by atoms with Gasteiger partial charge in [-0.2, -0.15) is 0 Å². The van der Waals surface area contributed by atoms with Crippen LogP contribution in [-0.4, -0.2) is 52.0 Å². The van der Waals surface area contributed by atoms with Crippen LogP contribution in [-0.2, 0) is 4.74 Å². The van der Waals surface area contributed by atoms with Crippen LogP contribution < -0.4 is 5.32 Å². The molecular formula is C25H29FN4O3. The van der Waals surface area contributed by atoms with Crippen molar-refractivity contribution in [3.63, 3.8) is 0 Å². The number of aliphatic imine (C=N–C) groups is 1. The fraction of sp³-hybridized carbons (Fsp3) is 0.360. The highest BCUT2D eigenvalue weighted by Gasteiger charge is 2.29. The maximum atomic E-state index is 14.2. The molecular weight excluding hydrogens is 423 g/mol. The summed E-state index contributed by atoms with van der Waals surface area (Å²) in [5.41, 5.74) is 2.97. The number of fused-ring (bicyclic) bond motifs is 1. The van der Waals surface area contributed by atoms with Crippen molar-refractivity contribution in [2.24, 2.45) is 4.99 Å². The summed E-state index contributed by atoms with van der Waals surface area (Å²) in [7, 11) is 0. The van der Waals surface area contributed by atoms with Crippen LogP contribution in [0.5, 0.6) is 5.88 Å². The number of carbonyl (C=O) groups is 1. The summed E-state index contributed by atoms with van der Waals surface area (Å²) in [5.74, 6) is -0.539. The van der Waals surface area contributed by atoms with Gasteiger partial charge in [0.25, 0.3) is 0 Å². The van der Waals surface area contributed by atoms with E-state index in [0.29, 0.717) is 35.2 Å². The Kier molecular flexibility index (Phi) is 6.01. The number of aromatic hydroxyl groups is 1. The minimum Gasteiger partial charge on any atom is -0.494 e. The molecule has 1 aliphatic rings. The zero-order valence-electron chi connectivity index (χ0n) is 19.3. The van der Waals surface area contributed by atoms with Crippen molar-refractivity contribution in [2.75, 3.05) is 18.4 Å². The first kappa shape index (κ1) is 22.6. The van der Waals surface area contributed by atoms with E-state index in [1.165, 1.54) is 12.3 Å². The Balaban J connectivity index is 1.43. The monoisotopic (exact) mass is 452 g/mol. The van der Waals surface area contributed by atoms with Crippen molar-refractivity contribution in [1.29, 1.82) is 0 Å². The summed E-state index contributed by atoms with van der Waals surface area (Å²) in [6.07, 6.45) is 2.02. The number of nitrogens with zero attached hydrogens (tertiary/aromatic N) is 2. The molecule has 3 aromatic rings. The lowest BCUT2D eigenvalue weighted by atomic mass is 10.1. The van der Waals surface area contributed by atoms with Crippen LogP contribution in [0.3, 0.4) is 0 Å². The number of aromatic amines is 1. The van der Waals surface area contributed by atoms with Crippen LogP contribution in [0.1, 0.15) is 38.3 Å². The standard InChI is InChI=1S/C25H29FN4O3/c1-15-12-16(27-13-18-22-19(26)6-5-7-21(22)29-23(18)31)8-9-20(15)28-17-10-11-30(14-17)24(32)33-25(2,3)4/h5-9,12-13,17,28-29,31H,10-11,14H2,1-4H3. The predicted molar refractivity (Wildman–Crippen MR) is 128 cm³/mol. The fourth-order valence-corrected chi connectivity index (χ4v) is 3.96. The van der Waals surface area contributed by atoms with E-state index in [9.17, 15) is 14.3 Å². The lowest BCUT2D eigenvalue weighted by Gasteiger charge is -2.24. The third-order valence-electron chi connectivity index (χ3n) is 5.54. The molecule has 174 valence electrons. The molecule has 0 spiro atoms. The summed E-state index contributed by atoms with van der Waals surface area (Å²) in [6.45, 7) is 8.80. The molecule has 2 heterocycles. The smallest absolute Gasteiger partial charge is 0.410 e. The van der Waals surface area contributed by atoms with Crippen molar-refractivity contribution >= 4 is 34.6 Å². The zero-order valence-corrected chi connectivity index (χ0v) is 19.3. The molecule has 1 fully saturated rings. The number of halogens is 1. The second kappa shape index (κ2) is 8.77. The van der Waals surface area contributed by atoms with Crippen molar-refractivity contribution in [2.45, 2.75) is 45.8 Å². The van der Waals surface area contributed by atoms with Gasteiger partial charge in [0.15, 0.2) is 5.88 Å². The van der Waals surface area contributed by atoms with E-state index in [1.54, 1.807) is 17.0 Å². The molecule has 0 radical (unpaired) electrons. The maximum absolute atomic E-state index is 14.2. The van der Waals surface area contributed by atoms with Crippen LogP contribution in [0.25, 0.3) is 10.9 Å².